The van der Waals surface area contributed by atoms with Crippen LogP contribution in [0, 0.1) is 0 Å². The molecule has 0 amide bonds. The maximum atomic E-state index is 2.33. The maximum absolute atomic E-state index is 2.33. The van der Waals surface area contributed by atoms with Crippen molar-refractivity contribution in [1.82, 2.24) is 0 Å². The van der Waals surface area contributed by atoms with Crippen molar-refractivity contribution in [2.24, 2.45) is 0 Å². The van der Waals surface area contributed by atoms with E-state index in [0.29, 0.717) is 0 Å². The molecule has 0 aliphatic carbocycles. The summed E-state index contributed by atoms with van der Waals surface area (Å²) in [5, 5.41) is 10.6. The highest BCUT2D eigenvalue weighted by Gasteiger charge is 2.08. The van der Waals surface area contributed by atoms with Crippen LogP contribution in [0.1, 0.15) is 55.4 Å². The number of rotatable bonds is 0. The molecule has 0 saturated carbocycles. The third-order valence-corrected chi connectivity index (χ3v) is 4.61. The van der Waals surface area contributed by atoms with E-state index in [4.69, 9.17) is 0 Å². The monoisotopic (exact) mass is 398 g/mol. The van der Waals surface area contributed by atoms with Crippen LogP contribution in [0.4, 0.5) is 0 Å². The third kappa shape index (κ3) is 5.00. The highest BCUT2D eigenvalue weighted by molar-refractivity contribution is 6.27. The van der Waals surface area contributed by atoms with Gasteiger partial charge in [0, 0.05) is 0 Å². The Morgan fingerprint density at radius 3 is 0.833 bits per heavy atom. The molecule has 0 spiro atoms. The predicted octanol–water partition coefficient (Wildman–Crippen LogP) is 10.4. The summed E-state index contributed by atoms with van der Waals surface area (Å²) < 4.78 is 0. The molecule has 0 aliphatic rings. The zero-order valence-electron chi connectivity index (χ0n) is 20.1. The summed E-state index contributed by atoms with van der Waals surface area (Å²) in [7, 11) is 0. The quantitative estimate of drug-likeness (QED) is 0.180. The Bertz CT molecular complexity index is 1070. The van der Waals surface area contributed by atoms with Gasteiger partial charge < -0.3 is 0 Å². The number of fused-ring (bicyclic) bond motifs is 7. The van der Waals surface area contributed by atoms with Crippen LogP contribution < -0.4 is 0 Å². The van der Waals surface area contributed by atoms with Crippen LogP contribution in [0.3, 0.4) is 0 Å². The topological polar surface area (TPSA) is 0 Å². The molecular formula is C30H38. The second-order valence-electron chi connectivity index (χ2n) is 5.84. The van der Waals surface area contributed by atoms with E-state index in [0.717, 1.165) is 0 Å². The van der Waals surface area contributed by atoms with Gasteiger partial charge >= 0.3 is 0 Å². The van der Waals surface area contributed by atoms with Crippen molar-refractivity contribution in [3.05, 3.63) is 84.9 Å². The first-order chi connectivity index (χ1) is 14.9. The van der Waals surface area contributed by atoms with E-state index in [2.05, 4.69) is 84.9 Å². The first kappa shape index (κ1) is 25.2. The number of hydrogen-bond donors (Lipinski definition) is 0. The maximum Gasteiger partial charge on any atom is -0.00926 e. The highest BCUT2D eigenvalue weighted by atomic mass is 14.1. The summed E-state index contributed by atoms with van der Waals surface area (Å²) in [5.74, 6) is 0. The summed E-state index contributed by atoms with van der Waals surface area (Å²) >= 11 is 0. The Morgan fingerprint density at radius 1 is 0.300 bits per heavy atom. The minimum absolute atomic E-state index is 1.30. The normalized spacial score (nSPS) is 9.33. The average Bonchev–Trinajstić information content (AvgIpc) is 2.88. The van der Waals surface area contributed by atoms with Gasteiger partial charge in [-0.25, -0.2) is 0 Å². The lowest BCUT2D eigenvalue weighted by Crippen LogP contribution is -1.83. The first-order valence-corrected chi connectivity index (χ1v) is 11.6. The molecule has 0 heteroatoms. The molecule has 5 aromatic carbocycles. The van der Waals surface area contributed by atoms with E-state index < -0.39 is 0 Å². The summed E-state index contributed by atoms with van der Waals surface area (Å²) in [6.45, 7) is 16.0. The fourth-order valence-electron chi connectivity index (χ4n) is 3.59. The molecule has 30 heavy (non-hydrogen) atoms. The molecule has 0 radical (unpaired) electrons. The molecule has 5 aromatic rings. The fraction of sp³-hybridized carbons (Fsp3) is 0.267. The van der Waals surface area contributed by atoms with E-state index in [9.17, 15) is 0 Å². The Labute approximate surface area is 183 Å². The lowest BCUT2D eigenvalue weighted by Gasteiger charge is -2.11. The van der Waals surface area contributed by atoms with Crippen molar-refractivity contribution in [2.45, 2.75) is 55.4 Å². The van der Waals surface area contributed by atoms with Gasteiger partial charge in [-0.1, -0.05) is 128 Å². The Balaban J connectivity index is 0.000000509. The molecule has 0 unspecified atom stereocenters. The zero-order chi connectivity index (χ0) is 22.5. The van der Waals surface area contributed by atoms with Crippen molar-refractivity contribution < 1.29 is 0 Å². The van der Waals surface area contributed by atoms with Gasteiger partial charge in [0.15, 0.2) is 0 Å². The number of benzene rings is 5. The average molecular weight is 399 g/mol. The van der Waals surface area contributed by atoms with Gasteiger partial charge in [-0.15, -0.1) is 0 Å². The van der Waals surface area contributed by atoms with Gasteiger partial charge in [0.1, 0.15) is 0 Å². The minimum atomic E-state index is 1.30. The first-order valence-electron chi connectivity index (χ1n) is 11.6. The van der Waals surface area contributed by atoms with E-state index in [1.54, 1.807) is 0 Å². The Morgan fingerprint density at radius 2 is 0.533 bits per heavy atom. The molecular weight excluding hydrogens is 360 g/mol. The minimum Gasteiger partial charge on any atom is -0.0683 e. The zero-order valence-corrected chi connectivity index (χ0v) is 20.1. The molecule has 0 N–H and O–H groups in total. The molecule has 158 valence electrons. The second kappa shape index (κ2) is 13.4. The van der Waals surface area contributed by atoms with E-state index in [-0.39, 0.29) is 0 Å². The van der Waals surface area contributed by atoms with Crippen molar-refractivity contribution >= 4 is 43.1 Å². The van der Waals surface area contributed by atoms with Gasteiger partial charge in [-0.3, -0.25) is 0 Å². The van der Waals surface area contributed by atoms with Crippen LogP contribution in [-0.2, 0) is 0 Å². The van der Waals surface area contributed by atoms with Gasteiger partial charge in [0.25, 0.3) is 0 Å². The summed E-state index contributed by atoms with van der Waals surface area (Å²) in [6, 6.07) is 30.7. The van der Waals surface area contributed by atoms with Gasteiger partial charge in [-0.2, -0.15) is 0 Å². The molecule has 0 bridgehead atoms. The third-order valence-electron chi connectivity index (χ3n) is 4.61. The SMILES string of the molecule is CC.CC.CC.CC.c1ccc2cc3c4ccccc4c4ccccc4c3cc2c1. The summed E-state index contributed by atoms with van der Waals surface area (Å²) in [5.41, 5.74) is 0. The summed E-state index contributed by atoms with van der Waals surface area (Å²) in [4.78, 5) is 0. The molecule has 0 aliphatic heterocycles. The van der Waals surface area contributed by atoms with E-state index in [1.165, 1.54) is 43.1 Å². The molecule has 0 atom stereocenters. The van der Waals surface area contributed by atoms with Crippen molar-refractivity contribution in [3.63, 3.8) is 0 Å². The van der Waals surface area contributed by atoms with Crippen LogP contribution >= 0.6 is 0 Å². The molecule has 5 rings (SSSR count). The van der Waals surface area contributed by atoms with Crippen molar-refractivity contribution in [3.8, 4) is 0 Å². The smallest absolute Gasteiger partial charge is 0.00926 e. The van der Waals surface area contributed by atoms with Gasteiger partial charge in [0.05, 0.1) is 0 Å². The van der Waals surface area contributed by atoms with Crippen molar-refractivity contribution in [2.75, 3.05) is 0 Å². The summed E-state index contributed by atoms with van der Waals surface area (Å²) in [6.07, 6.45) is 0. The fourth-order valence-corrected chi connectivity index (χ4v) is 3.59. The van der Waals surface area contributed by atoms with Gasteiger partial charge in [0.2, 0.25) is 0 Å². The van der Waals surface area contributed by atoms with Gasteiger partial charge in [-0.05, 0) is 55.2 Å². The molecule has 0 saturated heterocycles. The van der Waals surface area contributed by atoms with Crippen LogP contribution in [0.25, 0.3) is 43.1 Å². The number of hydrogen-bond acceptors (Lipinski definition) is 0. The standard InChI is InChI=1S/C22H14.4C2H6/c1-2-8-16-14-22-20-12-6-4-10-18(20)17-9-3-5-11-19(17)21(22)13-15(16)7-1;4*1-2/h1-14H;4*1-2H3. The Kier molecular flexibility index (Phi) is 11.2. The molecule has 0 heterocycles. The van der Waals surface area contributed by atoms with Crippen LogP contribution in [0.5, 0.6) is 0 Å². The lowest BCUT2D eigenvalue weighted by molar-refractivity contribution is 1.50. The molecule has 0 fully saturated rings. The van der Waals surface area contributed by atoms with Crippen LogP contribution in [0.2, 0.25) is 0 Å². The predicted molar refractivity (Wildman–Crippen MR) is 142 cm³/mol. The highest BCUT2D eigenvalue weighted by Crippen LogP contribution is 2.36. The molecule has 0 aromatic heterocycles. The van der Waals surface area contributed by atoms with E-state index >= 15 is 0 Å². The van der Waals surface area contributed by atoms with E-state index in [1.807, 2.05) is 55.4 Å². The van der Waals surface area contributed by atoms with Crippen LogP contribution in [0.15, 0.2) is 84.9 Å². The Hall–Kier alpha value is -2.86. The van der Waals surface area contributed by atoms with Crippen molar-refractivity contribution in [1.29, 1.82) is 0 Å². The largest absolute Gasteiger partial charge is 0.0683 e. The van der Waals surface area contributed by atoms with Crippen LogP contribution in [-0.4, -0.2) is 0 Å². The second-order valence-corrected chi connectivity index (χ2v) is 5.84. The molecule has 0 nitrogen and oxygen atoms in total. The lowest BCUT2D eigenvalue weighted by atomic mass is 9.92.